The van der Waals surface area contributed by atoms with Crippen LogP contribution in [0.25, 0.3) is 11.1 Å². The third-order valence-electron chi connectivity index (χ3n) is 3.13. The van der Waals surface area contributed by atoms with Crippen LogP contribution in [0.1, 0.15) is 22.8 Å². The highest BCUT2D eigenvalue weighted by Gasteiger charge is 2.30. The maximum atomic E-state index is 12.6. The number of carbonyl (C=O) groups excluding carboxylic acids is 1. The summed E-state index contributed by atoms with van der Waals surface area (Å²) in [6.45, 7) is 1.43. The molecule has 5 heteroatoms. The lowest BCUT2D eigenvalue weighted by molar-refractivity contribution is -0.137. The van der Waals surface area contributed by atoms with Gasteiger partial charge in [0.05, 0.1) is 12.7 Å². The first-order chi connectivity index (χ1) is 9.82. The van der Waals surface area contributed by atoms with E-state index < -0.39 is 11.7 Å². The van der Waals surface area contributed by atoms with Crippen LogP contribution in [-0.2, 0) is 6.18 Å². The third kappa shape index (κ3) is 3.24. The first-order valence-corrected chi connectivity index (χ1v) is 6.19. The van der Waals surface area contributed by atoms with Gasteiger partial charge in [-0.3, -0.25) is 4.79 Å². The van der Waals surface area contributed by atoms with E-state index in [0.29, 0.717) is 22.4 Å². The van der Waals surface area contributed by atoms with E-state index in [9.17, 15) is 18.0 Å². The summed E-state index contributed by atoms with van der Waals surface area (Å²) in [6, 6.07) is 9.61. The van der Waals surface area contributed by atoms with Crippen LogP contribution in [0.2, 0.25) is 0 Å². The van der Waals surface area contributed by atoms with Crippen LogP contribution < -0.4 is 4.74 Å². The Bertz CT molecular complexity index is 658. The van der Waals surface area contributed by atoms with Gasteiger partial charge in [0, 0.05) is 11.1 Å². The van der Waals surface area contributed by atoms with Crippen molar-refractivity contribution in [1.82, 2.24) is 0 Å². The van der Waals surface area contributed by atoms with Crippen LogP contribution in [-0.4, -0.2) is 12.9 Å². The quantitative estimate of drug-likeness (QED) is 0.774. The topological polar surface area (TPSA) is 26.3 Å². The Morgan fingerprint density at radius 3 is 2.14 bits per heavy atom. The summed E-state index contributed by atoms with van der Waals surface area (Å²) in [7, 11) is 1.47. The van der Waals surface area contributed by atoms with Crippen LogP contribution in [0, 0.1) is 0 Å². The molecular formula is C16H13F3O2. The molecule has 0 N–H and O–H groups in total. The van der Waals surface area contributed by atoms with Crippen molar-refractivity contribution in [1.29, 1.82) is 0 Å². The molecule has 2 aromatic carbocycles. The summed E-state index contributed by atoms with van der Waals surface area (Å²) in [5, 5.41) is 0. The van der Waals surface area contributed by atoms with Crippen molar-refractivity contribution < 1.29 is 22.7 Å². The fourth-order valence-electron chi connectivity index (χ4n) is 1.99. The summed E-state index contributed by atoms with van der Waals surface area (Å²) in [5.41, 5.74) is 0.903. The van der Waals surface area contributed by atoms with E-state index >= 15 is 0 Å². The van der Waals surface area contributed by atoms with E-state index in [2.05, 4.69) is 0 Å². The average molecular weight is 294 g/mol. The number of alkyl halides is 3. The molecule has 110 valence electrons. The van der Waals surface area contributed by atoms with Gasteiger partial charge in [-0.2, -0.15) is 13.2 Å². The van der Waals surface area contributed by atoms with Gasteiger partial charge in [0.2, 0.25) is 0 Å². The zero-order valence-corrected chi connectivity index (χ0v) is 11.5. The zero-order chi connectivity index (χ0) is 15.6. The van der Waals surface area contributed by atoms with Gasteiger partial charge < -0.3 is 4.74 Å². The Hall–Kier alpha value is -2.30. The molecule has 0 heterocycles. The van der Waals surface area contributed by atoms with Crippen LogP contribution in [0.15, 0.2) is 42.5 Å². The van der Waals surface area contributed by atoms with Gasteiger partial charge in [-0.15, -0.1) is 0 Å². The molecule has 0 aliphatic carbocycles. The van der Waals surface area contributed by atoms with Crippen LogP contribution >= 0.6 is 0 Å². The highest BCUT2D eigenvalue weighted by atomic mass is 19.4. The number of hydrogen-bond acceptors (Lipinski definition) is 2. The fourth-order valence-corrected chi connectivity index (χ4v) is 1.99. The van der Waals surface area contributed by atoms with E-state index in [1.54, 1.807) is 18.2 Å². The minimum absolute atomic E-state index is 0.120. The van der Waals surface area contributed by atoms with E-state index in [0.717, 1.165) is 12.1 Å². The molecule has 0 unspecified atom stereocenters. The first-order valence-electron chi connectivity index (χ1n) is 6.19. The molecule has 2 nitrogen and oxygen atoms in total. The molecule has 0 aliphatic heterocycles. The van der Waals surface area contributed by atoms with Crippen molar-refractivity contribution in [3.63, 3.8) is 0 Å². The number of benzene rings is 2. The van der Waals surface area contributed by atoms with Crippen LogP contribution in [0.5, 0.6) is 5.75 Å². The van der Waals surface area contributed by atoms with E-state index in [1.807, 2.05) is 0 Å². The number of ether oxygens (including phenoxy) is 1. The van der Waals surface area contributed by atoms with Gasteiger partial charge in [0.1, 0.15) is 5.75 Å². The molecule has 2 aromatic rings. The summed E-state index contributed by atoms with van der Waals surface area (Å²) in [6.07, 6.45) is -4.37. The molecule has 0 fully saturated rings. The lowest BCUT2D eigenvalue weighted by atomic mass is 9.99. The first kappa shape index (κ1) is 15.1. The third-order valence-corrected chi connectivity index (χ3v) is 3.13. The number of Topliss-reactive ketones (excluding diaryl/α,β-unsaturated/α-hetero) is 1. The molecule has 21 heavy (non-hydrogen) atoms. The molecule has 0 atom stereocenters. The van der Waals surface area contributed by atoms with Gasteiger partial charge in [-0.25, -0.2) is 0 Å². The lowest BCUT2D eigenvalue weighted by Crippen LogP contribution is -2.04. The Morgan fingerprint density at radius 2 is 1.67 bits per heavy atom. The lowest BCUT2D eigenvalue weighted by Gasteiger charge is -2.12. The summed E-state index contributed by atoms with van der Waals surface area (Å²) in [4.78, 5) is 11.4. The maximum Gasteiger partial charge on any atom is 0.416 e. The Morgan fingerprint density at radius 1 is 1.05 bits per heavy atom. The summed E-state index contributed by atoms with van der Waals surface area (Å²) in [5.74, 6) is 0.380. The fraction of sp³-hybridized carbons (Fsp3) is 0.188. The van der Waals surface area contributed by atoms with Crippen LogP contribution in [0.3, 0.4) is 0 Å². The summed E-state index contributed by atoms with van der Waals surface area (Å²) >= 11 is 0. The monoisotopic (exact) mass is 294 g/mol. The van der Waals surface area contributed by atoms with E-state index in [4.69, 9.17) is 4.74 Å². The van der Waals surface area contributed by atoms with Crippen molar-refractivity contribution in [3.8, 4) is 16.9 Å². The number of methoxy groups -OCH3 is 1. The van der Waals surface area contributed by atoms with Gasteiger partial charge in [-0.1, -0.05) is 12.1 Å². The second-order valence-electron chi connectivity index (χ2n) is 4.55. The molecular weight excluding hydrogens is 281 g/mol. The van der Waals surface area contributed by atoms with Crippen molar-refractivity contribution >= 4 is 5.78 Å². The molecule has 0 saturated carbocycles. The Labute approximate surface area is 120 Å². The van der Waals surface area contributed by atoms with E-state index in [1.165, 1.54) is 26.2 Å². The molecule has 2 rings (SSSR count). The predicted molar refractivity (Wildman–Crippen MR) is 73.4 cm³/mol. The number of rotatable bonds is 3. The average Bonchev–Trinajstić information content (AvgIpc) is 2.45. The molecule has 0 saturated heterocycles. The summed E-state index contributed by atoms with van der Waals surface area (Å²) < 4.78 is 42.9. The molecule has 0 aromatic heterocycles. The largest absolute Gasteiger partial charge is 0.496 e. The van der Waals surface area contributed by atoms with Crippen molar-refractivity contribution in [2.75, 3.05) is 7.11 Å². The number of ketones is 1. The van der Waals surface area contributed by atoms with Crippen molar-refractivity contribution in [2.24, 2.45) is 0 Å². The minimum Gasteiger partial charge on any atom is -0.496 e. The normalized spacial score (nSPS) is 11.3. The Kier molecular flexibility index (Phi) is 4.02. The SMILES string of the molecule is COc1ccc(C(C)=O)cc1-c1ccc(C(F)(F)F)cc1. The highest BCUT2D eigenvalue weighted by Crippen LogP contribution is 2.34. The second-order valence-corrected chi connectivity index (χ2v) is 4.55. The standard InChI is InChI=1S/C16H13F3O2/c1-10(20)12-5-8-15(21-2)14(9-12)11-3-6-13(7-4-11)16(17,18)19/h3-9H,1-2H3. The maximum absolute atomic E-state index is 12.6. The molecule has 0 amide bonds. The van der Waals surface area contributed by atoms with Crippen molar-refractivity contribution in [2.45, 2.75) is 13.1 Å². The zero-order valence-electron chi connectivity index (χ0n) is 11.5. The predicted octanol–water partition coefficient (Wildman–Crippen LogP) is 4.58. The second kappa shape index (κ2) is 5.60. The van der Waals surface area contributed by atoms with Gasteiger partial charge in [-0.05, 0) is 42.8 Å². The Balaban J connectivity index is 2.50. The van der Waals surface area contributed by atoms with Gasteiger partial charge >= 0.3 is 6.18 Å². The highest BCUT2D eigenvalue weighted by molar-refractivity contribution is 5.96. The van der Waals surface area contributed by atoms with Crippen molar-refractivity contribution in [3.05, 3.63) is 53.6 Å². The smallest absolute Gasteiger partial charge is 0.416 e. The van der Waals surface area contributed by atoms with E-state index in [-0.39, 0.29) is 5.78 Å². The van der Waals surface area contributed by atoms with Gasteiger partial charge in [0.15, 0.2) is 5.78 Å². The molecule has 0 bridgehead atoms. The number of halogens is 3. The van der Waals surface area contributed by atoms with Crippen LogP contribution in [0.4, 0.5) is 13.2 Å². The van der Waals surface area contributed by atoms with Gasteiger partial charge in [0.25, 0.3) is 0 Å². The minimum atomic E-state index is -4.37. The molecule has 0 spiro atoms. The number of carbonyl (C=O) groups is 1. The molecule has 0 radical (unpaired) electrons. The molecule has 0 aliphatic rings. The number of hydrogen-bond donors (Lipinski definition) is 0.